The first-order valence-corrected chi connectivity index (χ1v) is 7.42. The Labute approximate surface area is 113 Å². The van der Waals surface area contributed by atoms with Crippen LogP contribution < -0.4 is 5.32 Å². The van der Waals surface area contributed by atoms with Gasteiger partial charge in [0, 0.05) is 23.7 Å². The monoisotopic (exact) mass is 263 g/mol. The van der Waals surface area contributed by atoms with Gasteiger partial charge in [-0.3, -0.25) is 4.68 Å². The first kappa shape index (κ1) is 13.3. The van der Waals surface area contributed by atoms with Crippen molar-refractivity contribution in [3.05, 3.63) is 39.8 Å². The van der Waals surface area contributed by atoms with Crippen LogP contribution in [0, 0.1) is 0 Å². The predicted molar refractivity (Wildman–Crippen MR) is 77.0 cm³/mol. The topological polar surface area (TPSA) is 29.9 Å². The zero-order chi connectivity index (χ0) is 13.0. The maximum Gasteiger partial charge on any atom is 0.0704 e. The summed E-state index contributed by atoms with van der Waals surface area (Å²) in [6, 6.07) is 2.52. The Hall–Kier alpha value is -1.13. The molecule has 1 unspecified atom stereocenters. The summed E-state index contributed by atoms with van der Waals surface area (Å²) >= 11 is 1.84. The van der Waals surface area contributed by atoms with Crippen LogP contribution in [0.3, 0.4) is 0 Å². The highest BCUT2D eigenvalue weighted by Gasteiger charge is 2.18. The van der Waals surface area contributed by atoms with Crippen molar-refractivity contribution in [1.82, 2.24) is 15.1 Å². The second-order valence-electron chi connectivity index (χ2n) is 4.50. The van der Waals surface area contributed by atoms with Crippen LogP contribution in [0.4, 0.5) is 0 Å². The second-order valence-corrected chi connectivity index (χ2v) is 5.45. The van der Waals surface area contributed by atoms with Crippen molar-refractivity contribution in [2.45, 2.75) is 32.7 Å². The third-order valence-corrected chi connectivity index (χ3v) is 4.10. The van der Waals surface area contributed by atoms with Crippen molar-refractivity contribution < 1.29 is 0 Å². The van der Waals surface area contributed by atoms with E-state index in [2.05, 4.69) is 41.9 Å². The lowest BCUT2D eigenvalue weighted by atomic mass is 10.0. The van der Waals surface area contributed by atoms with Gasteiger partial charge in [0.2, 0.25) is 0 Å². The van der Waals surface area contributed by atoms with E-state index in [4.69, 9.17) is 0 Å². The lowest BCUT2D eigenvalue weighted by Gasteiger charge is -2.17. The summed E-state index contributed by atoms with van der Waals surface area (Å²) in [6.45, 7) is 5.44. The molecule has 2 heterocycles. The summed E-state index contributed by atoms with van der Waals surface area (Å²) in [5, 5.41) is 10.1. The Morgan fingerprint density at radius 3 is 2.89 bits per heavy atom. The van der Waals surface area contributed by atoms with Crippen molar-refractivity contribution in [3.8, 4) is 0 Å². The maximum atomic E-state index is 4.29. The first-order chi connectivity index (χ1) is 8.76. The highest BCUT2D eigenvalue weighted by Crippen LogP contribution is 2.30. The summed E-state index contributed by atoms with van der Waals surface area (Å²) in [5.74, 6) is 0. The molecule has 2 aromatic heterocycles. The van der Waals surface area contributed by atoms with E-state index >= 15 is 0 Å². The highest BCUT2D eigenvalue weighted by molar-refractivity contribution is 7.10. The number of hydrogen-bond acceptors (Lipinski definition) is 3. The van der Waals surface area contributed by atoms with Crippen LogP contribution >= 0.6 is 11.3 Å². The molecule has 2 aromatic rings. The van der Waals surface area contributed by atoms with Crippen molar-refractivity contribution in [2.75, 3.05) is 6.54 Å². The van der Waals surface area contributed by atoms with Gasteiger partial charge in [0.05, 0.1) is 12.2 Å². The van der Waals surface area contributed by atoms with Gasteiger partial charge in [0.25, 0.3) is 0 Å². The molecule has 2 rings (SSSR count). The van der Waals surface area contributed by atoms with Gasteiger partial charge in [-0.2, -0.15) is 5.10 Å². The molecule has 18 heavy (non-hydrogen) atoms. The summed E-state index contributed by atoms with van der Waals surface area (Å²) in [5.41, 5.74) is 2.69. The number of nitrogens with zero attached hydrogens (tertiary/aromatic N) is 2. The molecule has 0 aliphatic heterocycles. The smallest absolute Gasteiger partial charge is 0.0704 e. The molecule has 0 fully saturated rings. The van der Waals surface area contributed by atoms with Crippen LogP contribution in [0.2, 0.25) is 0 Å². The van der Waals surface area contributed by atoms with Crippen molar-refractivity contribution >= 4 is 11.3 Å². The molecule has 4 heteroatoms. The van der Waals surface area contributed by atoms with Gasteiger partial charge in [-0.1, -0.05) is 13.8 Å². The molecule has 0 saturated carbocycles. The predicted octanol–water partition coefficient (Wildman–Crippen LogP) is 3.13. The third-order valence-electron chi connectivity index (χ3n) is 3.08. The zero-order valence-corrected chi connectivity index (χ0v) is 12.1. The van der Waals surface area contributed by atoms with Crippen LogP contribution in [-0.2, 0) is 13.5 Å². The van der Waals surface area contributed by atoms with Gasteiger partial charge < -0.3 is 5.32 Å². The minimum Gasteiger partial charge on any atom is -0.305 e. The van der Waals surface area contributed by atoms with E-state index in [1.54, 1.807) is 0 Å². The van der Waals surface area contributed by atoms with E-state index in [9.17, 15) is 0 Å². The summed E-state index contributed by atoms with van der Waals surface area (Å²) in [6.07, 6.45) is 6.30. The van der Waals surface area contributed by atoms with Crippen molar-refractivity contribution in [1.29, 1.82) is 0 Å². The highest BCUT2D eigenvalue weighted by atomic mass is 32.1. The normalized spacial score (nSPS) is 12.8. The van der Waals surface area contributed by atoms with Crippen molar-refractivity contribution in [2.24, 2.45) is 7.05 Å². The van der Waals surface area contributed by atoms with Gasteiger partial charge >= 0.3 is 0 Å². The van der Waals surface area contributed by atoms with Gasteiger partial charge in [0.1, 0.15) is 0 Å². The fourth-order valence-corrected chi connectivity index (χ4v) is 3.23. The Morgan fingerprint density at radius 1 is 1.44 bits per heavy atom. The quantitative estimate of drug-likeness (QED) is 0.867. The molecule has 0 bridgehead atoms. The molecular weight excluding hydrogens is 242 g/mol. The number of aryl methyl sites for hydroxylation is 2. The third kappa shape index (κ3) is 2.82. The van der Waals surface area contributed by atoms with Gasteiger partial charge in [-0.25, -0.2) is 0 Å². The summed E-state index contributed by atoms with van der Waals surface area (Å²) in [4.78, 5) is 1.43. The Bertz CT molecular complexity index is 487. The molecule has 0 aliphatic rings. The molecule has 0 amide bonds. The number of thiophene rings is 1. The largest absolute Gasteiger partial charge is 0.305 e. The maximum absolute atomic E-state index is 4.29. The standard InChI is InChI=1S/C14H21N3S/c1-4-7-15-13(12-9-16-17(3)10-12)14-11(5-2)6-8-18-14/h6,8-10,13,15H,4-5,7H2,1-3H3. The average molecular weight is 263 g/mol. The number of aromatic nitrogens is 2. The Morgan fingerprint density at radius 2 is 2.28 bits per heavy atom. The minimum absolute atomic E-state index is 0.286. The summed E-state index contributed by atoms with van der Waals surface area (Å²) < 4.78 is 1.87. The van der Waals surface area contributed by atoms with E-state index in [-0.39, 0.29) is 6.04 Å². The molecular formula is C14H21N3S. The average Bonchev–Trinajstić information content (AvgIpc) is 2.99. The number of nitrogens with one attached hydrogen (secondary N) is 1. The fraction of sp³-hybridized carbons (Fsp3) is 0.500. The Balaban J connectivity index is 2.30. The molecule has 98 valence electrons. The molecule has 1 atom stereocenters. The van der Waals surface area contributed by atoms with Crippen molar-refractivity contribution in [3.63, 3.8) is 0 Å². The zero-order valence-electron chi connectivity index (χ0n) is 11.3. The lowest BCUT2D eigenvalue weighted by Crippen LogP contribution is -2.22. The van der Waals surface area contributed by atoms with Crippen LogP contribution in [0.15, 0.2) is 23.8 Å². The Kier molecular flexibility index (Phi) is 4.55. The van der Waals surface area contributed by atoms with Crippen LogP contribution in [0.25, 0.3) is 0 Å². The van der Waals surface area contributed by atoms with Gasteiger partial charge in [0.15, 0.2) is 0 Å². The molecule has 0 aliphatic carbocycles. The van der Waals surface area contributed by atoms with E-state index in [1.165, 1.54) is 16.0 Å². The number of rotatable bonds is 6. The first-order valence-electron chi connectivity index (χ1n) is 6.54. The van der Waals surface area contributed by atoms with Gasteiger partial charge in [-0.05, 0) is 36.4 Å². The van der Waals surface area contributed by atoms with Gasteiger partial charge in [-0.15, -0.1) is 11.3 Å². The van der Waals surface area contributed by atoms with E-state index < -0.39 is 0 Å². The van der Waals surface area contributed by atoms with E-state index in [0.29, 0.717) is 0 Å². The molecule has 0 radical (unpaired) electrons. The molecule has 3 nitrogen and oxygen atoms in total. The lowest BCUT2D eigenvalue weighted by molar-refractivity contribution is 0.602. The molecule has 0 spiro atoms. The SMILES string of the molecule is CCCNC(c1cnn(C)c1)c1sccc1CC. The molecule has 1 N–H and O–H groups in total. The van der Waals surface area contributed by atoms with E-state index in [0.717, 1.165) is 19.4 Å². The van der Waals surface area contributed by atoms with Crippen LogP contribution in [0.1, 0.15) is 42.3 Å². The molecule has 0 aromatic carbocycles. The van der Waals surface area contributed by atoms with E-state index in [1.807, 2.05) is 29.3 Å². The van der Waals surface area contributed by atoms with Crippen LogP contribution in [0.5, 0.6) is 0 Å². The minimum atomic E-state index is 0.286. The number of hydrogen-bond donors (Lipinski definition) is 1. The second kappa shape index (κ2) is 6.16. The fourth-order valence-electron chi connectivity index (χ4n) is 2.13. The summed E-state index contributed by atoms with van der Waals surface area (Å²) in [7, 11) is 1.97. The molecule has 0 saturated heterocycles. The van der Waals surface area contributed by atoms with Crippen LogP contribution in [-0.4, -0.2) is 16.3 Å².